The summed E-state index contributed by atoms with van der Waals surface area (Å²) in [6.45, 7) is 9.24. The van der Waals surface area contributed by atoms with E-state index in [0.29, 0.717) is 13.1 Å². The Labute approximate surface area is 115 Å². The quantitative estimate of drug-likeness (QED) is 0.845. The zero-order valence-corrected chi connectivity index (χ0v) is 12.7. The summed E-state index contributed by atoms with van der Waals surface area (Å²) >= 11 is 0. The van der Waals surface area contributed by atoms with Gasteiger partial charge in [-0.05, 0) is 18.8 Å². The van der Waals surface area contributed by atoms with Crippen LogP contribution in [0.1, 0.15) is 38.4 Å². The smallest absolute Gasteiger partial charge is 0.224 e. The van der Waals surface area contributed by atoms with Crippen LogP contribution in [0.4, 0.5) is 0 Å². The average Bonchev–Trinajstić information content (AvgIpc) is 2.63. The van der Waals surface area contributed by atoms with Crippen LogP contribution >= 0.6 is 0 Å². The zero-order chi connectivity index (χ0) is 14.6. The predicted octanol–water partition coefficient (Wildman–Crippen LogP) is 1.36. The van der Waals surface area contributed by atoms with E-state index < -0.39 is 0 Å². The van der Waals surface area contributed by atoms with Gasteiger partial charge in [-0.15, -0.1) is 0 Å². The number of rotatable bonds is 5. The van der Waals surface area contributed by atoms with Gasteiger partial charge >= 0.3 is 0 Å². The van der Waals surface area contributed by atoms with Gasteiger partial charge in [0.25, 0.3) is 0 Å². The van der Waals surface area contributed by atoms with Crippen LogP contribution in [0.25, 0.3) is 0 Å². The number of aromatic nitrogens is 2. The van der Waals surface area contributed by atoms with E-state index in [1.807, 2.05) is 14.0 Å². The molecule has 0 spiro atoms. The highest BCUT2D eigenvalue weighted by Gasteiger charge is 2.23. The molecule has 0 bridgehead atoms. The standard InChI is InChI=1S/C14H26N4O/c1-10-12(9-17-18(10)5)8-16-13(19)11(7-15)6-14(2,3)4/h9,11H,6-8,15H2,1-5H3,(H,16,19). The first-order valence-electron chi connectivity index (χ1n) is 6.70. The summed E-state index contributed by atoms with van der Waals surface area (Å²) in [6.07, 6.45) is 2.58. The number of amides is 1. The van der Waals surface area contributed by atoms with Gasteiger partial charge in [-0.3, -0.25) is 9.48 Å². The lowest BCUT2D eigenvalue weighted by Gasteiger charge is -2.24. The maximum atomic E-state index is 12.1. The highest BCUT2D eigenvalue weighted by atomic mass is 16.1. The third kappa shape index (κ3) is 4.67. The van der Waals surface area contributed by atoms with Crippen molar-refractivity contribution in [1.82, 2.24) is 15.1 Å². The normalized spacial score (nSPS) is 13.4. The second-order valence-electron chi connectivity index (χ2n) is 6.29. The molecule has 1 atom stereocenters. The van der Waals surface area contributed by atoms with Gasteiger partial charge in [0, 0.05) is 31.4 Å². The second-order valence-corrected chi connectivity index (χ2v) is 6.29. The summed E-state index contributed by atoms with van der Waals surface area (Å²) in [4.78, 5) is 12.1. The number of nitrogens with one attached hydrogen (secondary N) is 1. The Morgan fingerprint density at radius 3 is 2.58 bits per heavy atom. The second kappa shape index (κ2) is 6.19. The van der Waals surface area contributed by atoms with Crippen LogP contribution in [0.3, 0.4) is 0 Å². The lowest BCUT2D eigenvalue weighted by molar-refractivity contribution is -0.125. The van der Waals surface area contributed by atoms with E-state index in [-0.39, 0.29) is 17.2 Å². The maximum Gasteiger partial charge on any atom is 0.224 e. The third-order valence-corrected chi connectivity index (χ3v) is 3.30. The van der Waals surface area contributed by atoms with Crippen molar-refractivity contribution < 1.29 is 4.79 Å². The van der Waals surface area contributed by atoms with Crippen molar-refractivity contribution in [3.63, 3.8) is 0 Å². The van der Waals surface area contributed by atoms with Gasteiger partial charge < -0.3 is 11.1 Å². The Kier molecular flexibility index (Phi) is 5.11. The molecule has 1 amide bonds. The van der Waals surface area contributed by atoms with Gasteiger partial charge in [0.1, 0.15) is 0 Å². The Morgan fingerprint density at radius 1 is 1.53 bits per heavy atom. The Hall–Kier alpha value is -1.36. The van der Waals surface area contributed by atoms with E-state index in [1.165, 1.54) is 0 Å². The lowest BCUT2D eigenvalue weighted by Crippen LogP contribution is -2.36. The van der Waals surface area contributed by atoms with Gasteiger partial charge in [0.05, 0.1) is 12.1 Å². The van der Waals surface area contributed by atoms with Crippen molar-refractivity contribution in [3.05, 3.63) is 17.5 Å². The molecule has 0 saturated carbocycles. The monoisotopic (exact) mass is 266 g/mol. The van der Waals surface area contributed by atoms with Crippen molar-refractivity contribution in [3.8, 4) is 0 Å². The molecule has 0 aromatic carbocycles. The summed E-state index contributed by atoms with van der Waals surface area (Å²) in [5, 5.41) is 7.11. The third-order valence-electron chi connectivity index (χ3n) is 3.30. The molecule has 1 aromatic heterocycles. The Balaban J connectivity index is 2.56. The van der Waals surface area contributed by atoms with Crippen LogP contribution in [0.5, 0.6) is 0 Å². The summed E-state index contributed by atoms with van der Waals surface area (Å²) < 4.78 is 1.80. The molecule has 0 fully saturated rings. The molecule has 1 unspecified atom stereocenters. The maximum absolute atomic E-state index is 12.1. The summed E-state index contributed by atoms with van der Waals surface area (Å²) in [5.41, 5.74) is 7.92. The topological polar surface area (TPSA) is 72.9 Å². The van der Waals surface area contributed by atoms with Gasteiger partial charge in [-0.25, -0.2) is 0 Å². The van der Waals surface area contributed by atoms with Gasteiger partial charge in [-0.2, -0.15) is 5.10 Å². The molecule has 19 heavy (non-hydrogen) atoms. The Morgan fingerprint density at radius 2 is 2.16 bits per heavy atom. The van der Waals surface area contributed by atoms with Gasteiger partial charge in [0.15, 0.2) is 0 Å². The van der Waals surface area contributed by atoms with Gasteiger partial charge in [0.2, 0.25) is 5.91 Å². The highest BCUT2D eigenvalue weighted by Crippen LogP contribution is 2.24. The number of hydrogen-bond donors (Lipinski definition) is 2. The summed E-state index contributed by atoms with van der Waals surface area (Å²) in [6, 6.07) is 0. The fourth-order valence-corrected chi connectivity index (χ4v) is 2.07. The van der Waals surface area contributed by atoms with E-state index >= 15 is 0 Å². The molecule has 5 nitrogen and oxygen atoms in total. The van der Waals surface area contributed by atoms with Gasteiger partial charge in [-0.1, -0.05) is 20.8 Å². The van der Waals surface area contributed by atoms with Crippen molar-refractivity contribution >= 4 is 5.91 Å². The van der Waals surface area contributed by atoms with Crippen LogP contribution in [-0.2, 0) is 18.4 Å². The van der Waals surface area contributed by atoms with Crippen LogP contribution < -0.4 is 11.1 Å². The minimum Gasteiger partial charge on any atom is -0.352 e. The van der Waals surface area contributed by atoms with E-state index in [2.05, 4.69) is 31.2 Å². The fourth-order valence-electron chi connectivity index (χ4n) is 2.07. The molecule has 5 heteroatoms. The summed E-state index contributed by atoms with van der Waals surface area (Å²) in [5.74, 6) is -0.0994. The average molecular weight is 266 g/mol. The predicted molar refractivity (Wildman–Crippen MR) is 76.4 cm³/mol. The van der Waals surface area contributed by atoms with E-state index in [0.717, 1.165) is 17.7 Å². The number of carbonyl (C=O) groups is 1. The number of carbonyl (C=O) groups excluding carboxylic acids is 1. The zero-order valence-electron chi connectivity index (χ0n) is 12.7. The number of nitrogens with zero attached hydrogens (tertiary/aromatic N) is 2. The molecule has 0 aliphatic rings. The molecule has 0 aliphatic carbocycles. The SMILES string of the molecule is Cc1c(CNC(=O)C(CN)CC(C)(C)C)cnn1C. The molecular weight excluding hydrogens is 240 g/mol. The molecular formula is C14H26N4O. The first-order valence-corrected chi connectivity index (χ1v) is 6.70. The molecule has 0 aliphatic heterocycles. The van der Waals surface area contributed by atoms with Crippen molar-refractivity contribution in [2.24, 2.45) is 24.1 Å². The number of aryl methyl sites for hydroxylation is 1. The minimum atomic E-state index is -0.128. The molecule has 108 valence electrons. The largest absolute Gasteiger partial charge is 0.352 e. The number of hydrogen-bond acceptors (Lipinski definition) is 3. The first-order chi connectivity index (χ1) is 8.74. The minimum absolute atomic E-state index is 0.0284. The van der Waals surface area contributed by atoms with Crippen molar-refractivity contribution in [1.29, 1.82) is 0 Å². The molecule has 0 radical (unpaired) electrons. The molecule has 1 heterocycles. The van der Waals surface area contributed by atoms with Crippen molar-refractivity contribution in [2.45, 2.75) is 40.7 Å². The van der Waals surface area contributed by atoms with E-state index in [4.69, 9.17) is 5.73 Å². The van der Waals surface area contributed by atoms with E-state index in [9.17, 15) is 4.79 Å². The first kappa shape index (κ1) is 15.7. The lowest BCUT2D eigenvalue weighted by atomic mass is 9.84. The molecule has 3 N–H and O–H groups in total. The van der Waals surface area contributed by atoms with Crippen LogP contribution in [0.15, 0.2) is 6.20 Å². The van der Waals surface area contributed by atoms with Crippen LogP contribution in [0, 0.1) is 18.3 Å². The summed E-state index contributed by atoms with van der Waals surface area (Å²) in [7, 11) is 1.89. The molecule has 1 aromatic rings. The molecule has 1 rings (SSSR count). The number of nitrogens with two attached hydrogens (primary N) is 1. The van der Waals surface area contributed by atoms with Crippen molar-refractivity contribution in [2.75, 3.05) is 6.54 Å². The van der Waals surface area contributed by atoms with E-state index in [1.54, 1.807) is 10.9 Å². The van der Waals surface area contributed by atoms with Crippen LogP contribution in [-0.4, -0.2) is 22.2 Å². The fraction of sp³-hybridized carbons (Fsp3) is 0.714. The highest BCUT2D eigenvalue weighted by molar-refractivity contribution is 5.78. The Bertz CT molecular complexity index is 431. The van der Waals surface area contributed by atoms with Crippen LogP contribution in [0.2, 0.25) is 0 Å². The molecule has 0 saturated heterocycles.